The van der Waals surface area contributed by atoms with Crippen molar-refractivity contribution in [3.63, 3.8) is 0 Å². The molecule has 3 heteroatoms. The zero-order valence-electron chi connectivity index (χ0n) is 8.93. The Morgan fingerprint density at radius 3 is 2.87 bits per heavy atom. The number of rotatable bonds is 2. The lowest BCUT2D eigenvalue weighted by Gasteiger charge is -2.21. The van der Waals surface area contributed by atoms with Gasteiger partial charge in [0, 0.05) is 10.7 Å². The zero-order chi connectivity index (χ0) is 11.1. The number of hydrogen-bond donors (Lipinski definition) is 1. The highest BCUT2D eigenvalue weighted by Gasteiger charge is 2.41. The number of nitrogens with one attached hydrogen (secondary N) is 1. The second-order valence-electron chi connectivity index (χ2n) is 4.23. The van der Waals surface area contributed by atoms with Crippen molar-refractivity contribution >= 4 is 23.2 Å². The molecule has 0 fully saturated rings. The number of anilines is 1. The molecule has 0 saturated heterocycles. The zero-order valence-corrected chi connectivity index (χ0v) is 9.69. The maximum atomic E-state index is 11.9. The van der Waals surface area contributed by atoms with Crippen LogP contribution in [-0.2, 0) is 10.2 Å². The Labute approximate surface area is 94.6 Å². The van der Waals surface area contributed by atoms with E-state index in [2.05, 4.69) is 12.2 Å². The van der Waals surface area contributed by atoms with E-state index < -0.39 is 5.41 Å². The molecular formula is C12H14ClNO. The van der Waals surface area contributed by atoms with E-state index in [9.17, 15) is 4.79 Å². The van der Waals surface area contributed by atoms with Crippen molar-refractivity contribution in [1.82, 2.24) is 0 Å². The van der Waals surface area contributed by atoms with E-state index in [0.29, 0.717) is 5.02 Å². The first-order chi connectivity index (χ1) is 7.08. The highest BCUT2D eigenvalue weighted by molar-refractivity contribution is 6.31. The SMILES string of the molecule is CCCC1(C)C(=O)Nc2ccc(Cl)cc21. The Bertz CT molecular complexity index is 416. The second-order valence-corrected chi connectivity index (χ2v) is 4.66. The monoisotopic (exact) mass is 223 g/mol. The first kappa shape index (κ1) is 10.5. The van der Waals surface area contributed by atoms with Gasteiger partial charge in [-0.1, -0.05) is 24.9 Å². The van der Waals surface area contributed by atoms with Gasteiger partial charge in [0.15, 0.2) is 0 Å². The molecule has 2 nitrogen and oxygen atoms in total. The molecule has 2 rings (SSSR count). The van der Waals surface area contributed by atoms with Crippen LogP contribution >= 0.6 is 11.6 Å². The third kappa shape index (κ3) is 1.53. The van der Waals surface area contributed by atoms with Gasteiger partial charge in [-0.2, -0.15) is 0 Å². The third-order valence-electron chi connectivity index (χ3n) is 3.08. The quantitative estimate of drug-likeness (QED) is 0.819. The smallest absolute Gasteiger partial charge is 0.234 e. The fraction of sp³-hybridized carbons (Fsp3) is 0.417. The molecule has 1 aliphatic rings. The molecule has 1 heterocycles. The lowest BCUT2D eigenvalue weighted by molar-refractivity contribution is -0.120. The van der Waals surface area contributed by atoms with Gasteiger partial charge in [0.2, 0.25) is 5.91 Å². The molecule has 0 saturated carbocycles. The number of benzene rings is 1. The van der Waals surface area contributed by atoms with Gasteiger partial charge in [-0.05, 0) is 37.1 Å². The normalized spacial score (nSPS) is 23.8. The molecule has 1 aromatic carbocycles. The van der Waals surface area contributed by atoms with Crippen LogP contribution in [0.4, 0.5) is 5.69 Å². The maximum Gasteiger partial charge on any atom is 0.234 e. The molecule has 1 aliphatic heterocycles. The van der Waals surface area contributed by atoms with Gasteiger partial charge in [0.05, 0.1) is 5.41 Å². The average Bonchev–Trinajstić information content (AvgIpc) is 2.42. The number of carbonyl (C=O) groups is 1. The molecule has 0 spiro atoms. The highest BCUT2D eigenvalue weighted by Crippen LogP contribution is 2.41. The standard InChI is InChI=1S/C12H14ClNO/c1-3-6-12(2)9-7-8(13)4-5-10(9)14-11(12)15/h4-5,7H,3,6H2,1-2H3,(H,14,15). The van der Waals surface area contributed by atoms with Crippen molar-refractivity contribution in [3.8, 4) is 0 Å². The van der Waals surface area contributed by atoms with Crippen molar-refractivity contribution in [1.29, 1.82) is 0 Å². The van der Waals surface area contributed by atoms with E-state index in [4.69, 9.17) is 11.6 Å². The summed E-state index contributed by atoms with van der Waals surface area (Å²) in [5.41, 5.74) is 1.52. The average molecular weight is 224 g/mol. The molecule has 0 radical (unpaired) electrons. The van der Waals surface area contributed by atoms with Crippen LogP contribution in [0.2, 0.25) is 5.02 Å². The Morgan fingerprint density at radius 1 is 1.47 bits per heavy atom. The first-order valence-corrected chi connectivity index (χ1v) is 5.57. The van der Waals surface area contributed by atoms with Crippen molar-refractivity contribution < 1.29 is 4.79 Å². The van der Waals surface area contributed by atoms with E-state index >= 15 is 0 Å². The molecule has 0 aliphatic carbocycles. The summed E-state index contributed by atoms with van der Waals surface area (Å²) >= 11 is 5.96. The van der Waals surface area contributed by atoms with Gasteiger partial charge in [-0.15, -0.1) is 0 Å². The van der Waals surface area contributed by atoms with Gasteiger partial charge < -0.3 is 5.32 Å². The Morgan fingerprint density at radius 2 is 2.20 bits per heavy atom. The molecule has 80 valence electrons. The fourth-order valence-electron chi connectivity index (χ4n) is 2.21. The number of amides is 1. The van der Waals surface area contributed by atoms with Crippen LogP contribution in [0.5, 0.6) is 0 Å². The topological polar surface area (TPSA) is 29.1 Å². The maximum absolute atomic E-state index is 11.9. The minimum Gasteiger partial charge on any atom is -0.325 e. The largest absolute Gasteiger partial charge is 0.325 e. The van der Waals surface area contributed by atoms with Gasteiger partial charge in [0.1, 0.15) is 0 Å². The Hall–Kier alpha value is -1.02. The molecule has 1 N–H and O–H groups in total. The van der Waals surface area contributed by atoms with Crippen LogP contribution in [0.3, 0.4) is 0 Å². The Kier molecular flexibility index (Phi) is 2.47. The molecule has 1 aromatic rings. The molecular weight excluding hydrogens is 210 g/mol. The molecule has 15 heavy (non-hydrogen) atoms. The second kappa shape index (κ2) is 3.53. The van der Waals surface area contributed by atoms with Crippen LogP contribution < -0.4 is 5.32 Å². The summed E-state index contributed by atoms with van der Waals surface area (Å²) in [4.78, 5) is 11.9. The summed E-state index contributed by atoms with van der Waals surface area (Å²) in [6.45, 7) is 4.06. The summed E-state index contributed by atoms with van der Waals surface area (Å²) in [6, 6.07) is 5.57. The van der Waals surface area contributed by atoms with Crippen molar-refractivity contribution in [2.45, 2.75) is 32.1 Å². The van der Waals surface area contributed by atoms with Crippen molar-refractivity contribution in [2.75, 3.05) is 5.32 Å². The predicted molar refractivity (Wildman–Crippen MR) is 62.3 cm³/mol. The minimum atomic E-state index is -0.408. The Balaban J connectivity index is 2.52. The first-order valence-electron chi connectivity index (χ1n) is 5.19. The molecule has 1 atom stereocenters. The van der Waals surface area contributed by atoms with E-state index in [0.717, 1.165) is 24.1 Å². The highest BCUT2D eigenvalue weighted by atomic mass is 35.5. The van der Waals surface area contributed by atoms with Gasteiger partial charge in [-0.25, -0.2) is 0 Å². The van der Waals surface area contributed by atoms with Crippen LogP contribution in [0, 0.1) is 0 Å². The molecule has 0 aromatic heterocycles. The third-order valence-corrected chi connectivity index (χ3v) is 3.31. The van der Waals surface area contributed by atoms with Crippen LogP contribution in [-0.4, -0.2) is 5.91 Å². The van der Waals surface area contributed by atoms with E-state index in [-0.39, 0.29) is 5.91 Å². The number of carbonyl (C=O) groups excluding carboxylic acids is 1. The minimum absolute atomic E-state index is 0.0848. The van der Waals surface area contributed by atoms with Gasteiger partial charge in [-0.3, -0.25) is 4.79 Å². The van der Waals surface area contributed by atoms with E-state index in [1.54, 1.807) is 6.07 Å². The molecule has 0 bridgehead atoms. The number of halogens is 1. The summed E-state index contributed by atoms with van der Waals surface area (Å²) in [6.07, 6.45) is 1.84. The van der Waals surface area contributed by atoms with Crippen LogP contribution in [0.1, 0.15) is 32.3 Å². The summed E-state index contributed by atoms with van der Waals surface area (Å²) < 4.78 is 0. The van der Waals surface area contributed by atoms with E-state index in [1.165, 1.54) is 0 Å². The summed E-state index contributed by atoms with van der Waals surface area (Å²) in [5, 5.41) is 3.59. The fourth-order valence-corrected chi connectivity index (χ4v) is 2.38. The predicted octanol–water partition coefficient (Wildman–Crippen LogP) is 3.35. The van der Waals surface area contributed by atoms with Crippen molar-refractivity contribution in [2.24, 2.45) is 0 Å². The van der Waals surface area contributed by atoms with E-state index in [1.807, 2.05) is 19.1 Å². The summed E-state index contributed by atoms with van der Waals surface area (Å²) in [7, 11) is 0. The van der Waals surface area contributed by atoms with Gasteiger partial charge >= 0.3 is 0 Å². The van der Waals surface area contributed by atoms with Gasteiger partial charge in [0.25, 0.3) is 0 Å². The van der Waals surface area contributed by atoms with Crippen LogP contribution in [0.15, 0.2) is 18.2 Å². The molecule has 1 amide bonds. The lowest BCUT2D eigenvalue weighted by atomic mass is 9.80. The van der Waals surface area contributed by atoms with Crippen LogP contribution in [0.25, 0.3) is 0 Å². The summed E-state index contributed by atoms with van der Waals surface area (Å²) in [5.74, 6) is 0.0848. The molecule has 1 unspecified atom stereocenters. The number of hydrogen-bond acceptors (Lipinski definition) is 1. The lowest BCUT2D eigenvalue weighted by Crippen LogP contribution is -2.30. The number of fused-ring (bicyclic) bond motifs is 1. The van der Waals surface area contributed by atoms with Crippen molar-refractivity contribution in [3.05, 3.63) is 28.8 Å².